The van der Waals surface area contributed by atoms with Gasteiger partial charge < -0.3 is 14.4 Å². The highest BCUT2D eigenvalue weighted by atomic mass is 79.9. The molecule has 1 N–H and O–H groups in total. The molecule has 1 aromatic carbocycles. The summed E-state index contributed by atoms with van der Waals surface area (Å²) < 4.78 is 8.85. The van der Waals surface area contributed by atoms with E-state index in [-0.39, 0.29) is 6.61 Å². The maximum Gasteiger partial charge on any atom is 0.130 e. The fraction of sp³-hybridized carbons (Fsp3) is 0.357. The second-order valence-corrected chi connectivity index (χ2v) is 5.58. The number of nitrogens with zero attached hydrogens (tertiary/aromatic N) is 2. The summed E-state index contributed by atoms with van der Waals surface area (Å²) in [5.41, 5.74) is 1.92. The van der Waals surface area contributed by atoms with Gasteiger partial charge in [-0.25, -0.2) is 4.98 Å². The van der Waals surface area contributed by atoms with E-state index in [4.69, 9.17) is 4.74 Å². The highest BCUT2D eigenvalue weighted by Gasteiger charge is 2.25. The molecule has 2 aromatic rings. The van der Waals surface area contributed by atoms with Crippen LogP contribution in [0.15, 0.2) is 35.2 Å². The lowest BCUT2D eigenvalue weighted by Crippen LogP contribution is -2.03. The highest BCUT2D eigenvalue weighted by molar-refractivity contribution is 9.10. The molecule has 0 amide bonds. The van der Waals surface area contributed by atoms with E-state index in [2.05, 4.69) is 25.5 Å². The molecule has 0 saturated heterocycles. The van der Waals surface area contributed by atoms with Crippen molar-refractivity contribution in [3.05, 3.63) is 46.5 Å². The van der Waals surface area contributed by atoms with Crippen molar-refractivity contribution in [3.63, 3.8) is 0 Å². The van der Waals surface area contributed by atoms with Gasteiger partial charge in [0.25, 0.3) is 0 Å². The van der Waals surface area contributed by atoms with Gasteiger partial charge in [-0.15, -0.1) is 0 Å². The maximum atomic E-state index is 9.22. The van der Waals surface area contributed by atoms with Crippen molar-refractivity contribution >= 4 is 15.9 Å². The van der Waals surface area contributed by atoms with Crippen LogP contribution in [0.2, 0.25) is 0 Å². The summed E-state index contributed by atoms with van der Waals surface area (Å²) in [5, 5.41) is 9.22. The lowest BCUT2D eigenvalue weighted by Gasteiger charge is -2.10. The molecular formula is C14H15BrN2O2. The van der Waals surface area contributed by atoms with Crippen molar-refractivity contribution in [1.29, 1.82) is 0 Å². The first-order valence-corrected chi connectivity index (χ1v) is 7.10. The van der Waals surface area contributed by atoms with Crippen molar-refractivity contribution in [2.75, 3.05) is 0 Å². The Morgan fingerprint density at radius 3 is 3.00 bits per heavy atom. The lowest BCUT2D eigenvalue weighted by atomic mass is 10.2. The number of aliphatic hydroxyl groups excluding tert-OH is 1. The molecule has 1 saturated carbocycles. The number of aromatic nitrogens is 2. The van der Waals surface area contributed by atoms with E-state index >= 15 is 0 Å². The largest absolute Gasteiger partial charge is 0.487 e. The van der Waals surface area contributed by atoms with E-state index in [1.165, 1.54) is 12.8 Å². The van der Waals surface area contributed by atoms with Crippen LogP contribution in [0.5, 0.6) is 5.75 Å². The fourth-order valence-electron chi connectivity index (χ4n) is 2.04. The van der Waals surface area contributed by atoms with Crippen LogP contribution in [0.3, 0.4) is 0 Å². The number of imidazole rings is 1. The van der Waals surface area contributed by atoms with Gasteiger partial charge >= 0.3 is 0 Å². The third-order valence-corrected chi connectivity index (χ3v) is 4.03. The summed E-state index contributed by atoms with van der Waals surface area (Å²) in [4.78, 5) is 4.18. The Labute approximate surface area is 120 Å². The molecule has 0 bridgehead atoms. The van der Waals surface area contributed by atoms with E-state index in [0.717, 1.165) is 21.5 Å². The Morgan fingerprint density at radius 2 is 2.26 bits per heavy atom. The van der Waals surface area contributed by atoms with Crippen molar-refractivity contribution in [1.82, 2.24) is 9.55 Å². The molecule has 5 heteroatoms. The zero-order valence-electron chi connectivity index (χ0n) is 10.4. The number of hydrogen-bond acceptors (Lipinski definition) is 3. The first-order chi connectivity index (χ1) is 9.28. The van der Waals surface area contributed by atoms with Crippen LogP contribution >= 0.6 is 15.9 Å². The molecule has 0 spiro atoms. The Balaban J connectivity index is 1.70. The molecule has 1 aromatic heterocycles. The Kier molecular flexibility index (Phi) is 3.57. The van der Waals surface area contributed by atoms with Gasteiger partial charge in [0, 0.05) is 10.5 Å². The number of hydrogen-bond donors (Lipinski definition) is 1. The first kappa shape index (κ1) is 12.7. The molecular weight excluding hydrogens is 308 g/mol. The summed E-state index contributed by atoms with van der Waals surface area (Å²) >= 11 is 3.39. The third kappa shape index (κ3) is 2.82. The zero-order valence-corrected chi connectivity index (χ0v) is 12.0. The standard InChI is InChI=1S/C14H15BrN2O2/c15-14-4-3-13(5-10(14)7-18)19-8-12-6-16-9-17(12)11-1-2-11/h3-6,9,11,18H,1-2,7-8H2. The maximum absolute atomic E-state index is 9.22. The van der Waals surface area contributed by atoms with Gasteiger partial charge in [-0.2, -0.15) is 0 Å². The van der Waals surface area contributed by atoms with Crippen LogP contribution < -0.4 is 4.74 Å². The summed E-state index contributed by atoms with van der Waals surface area (Å²) in [5.74, 6) is 0.760. The minimum Gasteiger partial charge on any atom is -0.487 e. The number of aliphatic hydroxyl groups is 1. The van der Waals surface area contributed by atoms with Gasteiger partial charge in [0.1, 0.15) is 12.4 Å². The lowest BCUT2D eigenvalue weighted by molar-refractivity contribution is 0.275. The Morgan fingerprint density at radius 1 is 1.42 bits per heavy atom. The molecule has 0 unspecified atom stereocenters. The van der Waals surface area contributed by atoms with Gasteiger partial charge in [0.05, 0.1) is 24.8 Å². The molecule has 1 aliphatic carbocycles. The molecule has 19 heavy (non-hydrogen) atoms. The van der Waals surface area contributed by atoms with Gasteiger partial charge in [-0.3, -0.25) is 0 Å². The minimum absolute atomic E-state index is 0.00219. The quantitative estimate of drug-likeness (QED) is 0.920. The van der Waals surface area contributed by atoms with Crippen LogP contribution in [0.25, 0.3) is 0 Å². The summed E-state index contributed by atoms with van der Waals surface area (Å²) in [6.07, 6.45) is 6.19. The predicted octanol–water partition coefficient (Wildman–Crippen LogP) is 3.05. The number of rotatable bonds is 5. The van der Waals surface area contributed by atoms with Crippen LogP contribution in [-0.2, 0) is 13.2 Å². The molecule has 1 aliphatic rings. The predicted molar refractivity (Wildman–Crippen MR) is 74.9 cm³/mol. The second-order valence-electron chi connectivity index (χ2n) is 4.72. The molecule has 1 fully saturated rings. The number of ether oxygens (including phenoxy) is 1. The Bertz CT molecular complexity index is 579. The number of halogens is 1. The van der Waals surface area contributed by atoms with Crippen molar-refractivity contribution < 1.29 is 9.84 Å². The normalized spacial score (nSPS) is 14.6. The van der Waals surface area contributed by atoms with Crippen LogP contribution in [0, 0.1) is 0 Å². The Hall–Kier alpha value is -1.33. The van der Waals surface area contributed by atoms with Gasteiger partial charge in [0.2, 0.25) is 0 Å². The molecule has 4 nitrogen and oxygen atoms in total. The number of benzene rings is 1. The molecule has 0 atom stereocenters. The van der Waals surface area contributed by atoms with Gasteiger partial charge in [0.15, 0.2) is 0 Å². The minimum atomic E-state index is -0.00219. The third-order valence-electron chi connectivity index (χ3n) is 3.26. The molecule has 0 radical (unpaired) electrons. The monoisotopic (exact) mass is 322 g/mol. The first-order valence-electron chi connectivity index (χ1n) is 6.30. The SMILES string of the molecule is OCc1cc(OCc2cncn2C2CC2)ccc1Br. The van der Waals surface area contributed by atoms with E-state index in [0.29, 0.717) is 12.6 Å². The summed E-state index contributed by atoms with van der Waals surface area (Å²) in [7, 11) is 0. The van der Waals surface area contributed by atoms with Crippen LogP contribution in [-0.4, -0.2) is 14.7 Å². The second kappa shape index (κ2) is 5.35. The van der Waals surface area contributed by atoms with Crippen molar-refractivity contribution in [2.45, 2.75) is 32.1 Å². The summed E-state index contributed by atoms with van der Waals surface area (Å²) in [6, 6.07) is 6.24. The fourth-order valence-corrected chi connectivity index (χ4v) is 2.42. The van der Waals surface area contributed by atoms with Crippen molar-refractivity contribution in [2.24, 2.45) is 0 Å². The van der Waals surface area contributed by atoms with E-state index < -0.39 is 0 Å². The summed E-state index contributed by atoms with van der Waals surface area (Å²) in [6.45, 7) is 0.501. The van der Waals surface area contributed by atoms with Crippen LogP contribution in [0.4, 0.5) is 0 Å². The van der Waals surface area contributed by atoms with Crippen LogP contribution in [0.1, 0.15) is 30.1 Å². The molecule has 100 valence electrons. The van der Waals surface area contributed by atoms with Crippen molar-refractivity contribution in [3.8, 4) is 5.75 Å². The average Bonchev–Trinajstić information content (AvgIpc) is 3.17. The topological polar surface area (TPSA) is 47.3 Å². The van der Waals surface area contributed by atoms with Gasteiger partial charge in [-0.1, -0.05) is 15.9 Å². The van der Waals surface area contributed by atoms with Gasteiger partial charge in [-0.05, 0) is 36.6 Å². The van der Waals surface area contributed by atoms with E-state index in [9.17, 15) is 5.11 Å². The molecule has 3 rings (SSSR count). The highest BCUT2D eigenvalue weighted by Crippen LogP contribution is 2.35. The zero-order chi connectivity index (χ0) is 13.2. The molecule has 1 heterocycles. The average molecular weight is 323 g/mol. The van der Waals surface area contributed by atoms with E-state index in [1.807, 2.05) is 30.7 Å². The molecule has 0 aliphatic heterocycles. The van der Waals surface area contributed by atoms with E-state index in [1.54, 1.807) is 0 Å². The smallest absolute Gasteiger partial charge is 0.130 e.